The maximum absolute atomic E-state index is 13.9. The molecule has 6 heteroatoms. The third-order valence-electron chi connectivity index (χ3n) is 4.15. The van der Waals surface area contributed by atoms with Crippen molar-refractivity contribution in [3.05, 3.63) is 59.7 Å². The molecule has 2 aromatic rings. The van der Waals surface area contributed by atoms with Crippen molar-refractivity contribution in [1.29, 1.82) is 0 Å². The van der Waals surface area contributed by atoms with Crippen LogP contribution in [0, 0.1) is 11.6 Å². The molecule has 0 spiro atoms. The molecule has 1 amide bonds. The zero-order chi connectivity index (χ0) is 17.1. The van der Waals surface area contributed by atoms with E-state index in [1.165, 1.54) is 12.1 Å². The van der Waals surface area contributed by atoms with Gasteiger partial charge in [0.25, 0.3) is 5.91 Å². The molecule has 0 N–H and O–H groups in total. The SMILES string of the molecule is COc1ccc(C(=O)N2CCN(c3ccc(F)cc3F)CC2)cc1. The highest BCUT2D eigenvalue weighted by molar-refractivity contribution is 5.94. The number of rotatable bonds is 3. The molecule has 0 radical (unpaired) electrons. The number of benzene rings is 2. The first-order valence-electron chi connectivity index (χ1n) is 7.72. The average Bonchev–Trinajstić information content (AvgIpc) is 2.61. The third-order valence-corrected chi connectivity index (χ3v) is 4.15. The Morgan fingerprint density at radius 3 is 2.25 bits per heavy atom. The lowest BCUT2D eigenvalue weighted by atomic mass is 10.1. The van der Waals surface area contributed by atoms with Crippen LogP contribution < -0.4 is 9.64 Å². The van der Waals surface area contributed by atoms with Crippen molar-refractivity contribution in [2.45, 2.75) is 0 Å². The fraction of sp³-hybridized carbons (Fsp3) is 0.278. The molecule has 4 nitrogen and oxygen atoms in total. The van der Waals surface area contributed by atoms with Crippen LogP contribution in [0.25, 0.3) is 0 Å². The van der Waals surface area contributed by atoms with Crippen LogP contribution in [0.3, 0.4) is 0 Å². The van der Waals surface area contributed by atoms with Crippen LogP contribution in [0.2, 0.25) is 0 Å². The number of ether oxygens (including phenoxy) is 1. The van der Waals surface area contributed by atoms with Gasteiger partial charge in [-0.2, -0.15) is 0 Å². The largest absolute Gasteiger partial charge is 0.497 e. The van der Waals surface area contributed by atoms with E-state index >= 15 is 0 Å². The number of methoxy groups -OCH3 is 1. The van der Waals surface area contributed by atoms with Crippen molar-refractivity contribution in [1.82, 2.24) is 4.90 Å². The number of nitrogens with zero attached hydrogens (tertiary/aromatic N) is 2. The maximum atomic E-state index is 13.9. The van der Waals surface area contributed by atoms with E-state index in [-0.39, 0.29) is 5.91 Å². The van der Waals surface area contributed by atoms with Gasteiger partial charge < -0.3 is 14.5 Å². The summed E-state index contributed by atoms with van der Waals surface area (Å²) in [6.07, 6.45) is 0. The summed E-state index contributed by atoms with van der Waals surface area (Å²) in [7, 11) is 1.57. The second-order valence-corrected chi connectivity index (χ2v) is 5.60. The Hall–Kier alpha value is -2.63. The lowest BCUT2D eigenvalue weighted by Crippen LogP contribution is -2.49. The van der Waals surface area contributed by atoms with Gasteiger partial charge in [0.15, 0.2) is 0 Å². The quantitative estimate of drug-likeness (QED) is 0.866. The van der Waals surface area contributed by atoms with E-state index in [0.29, 0.717) is 43.2 Å². The molecule has 0 unspecified atom stereocenters. The van der Waals surface area contributed by atoms with Gasteiger partial charge >= 0.3 is 0 Å². The Labute approximate surface area is 139 Å². The molecule has 1 saturated heterocycles. The molecule has 3 rings (SSSR count). The van der Waals surface area contributed by atoms with E-state index in [2.05, 4.69) is 0 Å². The van der Waals surface area contributed by atoms with Gasteiger partial charge in [-0.15, -0.1) is 0 Å². The molecule has 0 atom stereocenters. The summed E-state index contributed by atoms with van der Waals surface area (Å²) in [6.45, 7) is 1.98. The lowest BCUT2D eigenvalue weighted by molar-refractivity contribution is 0.0746. The molecule has 0 aliphatic carbocycles. The smallest absolute Gasteiger partial charge is 0.253 e. The summed E-state index contributed by atoms with van der Waals surface area (Å²) >= 11 is 0. The van der Waals surface area contributed by atoms with Gasteiger partial charge in [-0.05, 0) is 36.4 Å². The Balaban J connectivity index is 1.64. The summed E-state index contributed by atoms with van der Waals surface area (Å²) in [4.78, 5) is 16.1. The Morgan fingerprint density at radius 2 is 1.67 bits per heavy atom. The highest BCUT2D eigenvalue weighted by Crippen LogP contribution is 2.22. The number of hydrogen-bond acceptors (Lipinski definition) is 3. The Bertz CT molecular complexity index is 726. The fourth-order valence-corrected chi connectivity index (χ4v) is 2.80. The van der Waals surface area contributed by atoms with Crippen LogP contribution in [0.15, 0.2) is 42.5 Å². The number of amides is 1. The minimum atomic E-state index is -0.593. The number of carbonyl (C=O) groups excluding carboxylic acids is 1. The molecule has 1 fully saturated rings. The molecule has 24 heavy (non-hydrogen) atoms. The van der Waals surface area contributed by atoms with Gasteiger partial charge in [0.05, 0.1) is 12.8 Å². The minimum absolute atomic E-state index is 0.0584. The predicted octanol–water partition coefficient (Wildman–Crippen LogP) is 2.94. The van der Waals surface area contributed by atoms with Crippen molar-refractivity contribution in [2.75, 3.05) is 38.2 Å². The van der Waals surface area contributed by atoms with Crippen molar-refractivity contribution >= 4 is 11.6 Å². The summed E-state index contributed by atoms with van der Waals surface area (Å²) in [5.74, 6) is -0.533. The van der Waals surface area contributed by atoms with Crippen molar-refractivity contribution < 1.29 is 18.3 Å². The van der Waals surface area contributed by atoms with Crippen LogP contribution >= 0.6 is 0 Å². The van der Waals surface area contributed by atoms with Gasteiger partial charge in [0.1, 0.15) is 17.4 Å². The van der Waals surface area contributed by atoms with Gasteiger partial charge in [0, 0.05) is 37.8 Å². The molecular formula is C18H18F2N2O2. The second-order valence-electron chi connectivity index (χ2n) is 5.60. The van der Waals surface area contributed by atoms with E-state index < -0.39 is 11.6 Å². The van der Waals surface area contributed by atoms with E-state index in [9.17, 15) is 13.6 Å². The highest BCUT2D eigenvalue weighted by atomic mass is 19.1. The lowest BCUT2D eigenvalue weighted by Gasteiger charge is -2.36. The molecule has 1 heterocycles. The first-order valence-corrected chi connectivity index (χ1v) is 7.72. The normalized spacial score (nSPS) is 14.6. The van der Waals surface area contributed by atoms with Crippen LogP contribution in [0.5, 0.6) is 5.75 Å². The Kier molecular flexibility index (Phi) is 4.64. The van der Waals surface area contributed by atoms with E-state index in [4.69, 9.17) is 4.74 Å². The van der Waals surface area contributed by atoms with E-state index in [1.54, 1.807) is 36.3 Å². The fourth-order valence-electron chi connectivity index (χ4n) is 2.80. The first kappa shape index (κ1) is 16.2. The second kappa shape index (κ2) is 6.86. The molecule has 0 bridgehead atoms. The van der Waals surface area contributed by atoms with Crippen molar-refractivity contribution in [3.63, 3.8) is 0 Å². The van der Waals surface area contributed by atoms with Gasteiger partial charge in [-0.1, -0.05) is 0 Å². The average molecular weight is 332 g/mol. The number of piperazine rings is 1. The molecule has 126 valence electrons. The van der Waals surface area contributed by atoms with Crippen LogP contribution in [0.4, 0.5) is 14.5 Å². The summed E-state index contributed by atoms with van der Waals surface area (Å²) in [5, 5.41) is 0. The van der Waals surface area contributed by atoms with Crippen molar-refractivity contribution in [2.24, 2.45) is 0 Å². The zero-order valence-corrected chi connectivity index (χ0v) is 13.3. The number of halogens is 2. The maximum Gasteiger partial charge on any atom is 0.253 e. The molecule has 0 aromatic heterocycles. The Morgan fingerprint density at radius 1 is 1.00 bits per heavy atom. The topological polar surface area (TPSA) is 32.8 Å². The van der Waals surface area contributed by atoms with Crippen LogP contribution in [-0.4, -0.2) is 44.1 Å². The van der Waals surface area contributed by atoms with Crippen molar-refractivity contribution in [3.8, 4) is 5.75 Å². The molecule has 1 aliphatic rings. The number of anilines is 1. The van der Waals surface area contributed by atoms with Gasteiger partial charge in [-0.25, -0.2) is 8.78 Å². The molecular weight excluding hydrogens is 314 g/mol. The van der Waals surface area contributed by atoms with Gasteiger partial charge in [-0.3, -0.25) is 4.79 Å². The van der Waals surface area contributed by atoms with E-state index in [0.717, 1.165) is 6.07 Å². The molecule has 2 aromatic carbocycles. The highest BCUT2D eigenvalue weighted by Gasteiger charge is 2.23. The monoisotopic (exact) mass is 332 g/mol. The molecule has 1 aliphatic heterocycles. The van der Waals surface area contributed by atoms with E-state index in [1.807, 2.05) is 4.90 Å². The third kappa shape index (κ3) is 3.32. The molecule has 0 saturated carbocycles. The standard InChI is InChI=1S/C18H18F2N2O2/c1-24-15-5-2-13(3-6-15)18(23)22-10-8-21(9-11-22)17-7-4-14(19)12-16(17)20/h2-7,12H,8-11H2,1H3. The van der Waals surface area contributed by atoms with Gasteiger partial charge in [0.2, 0.25) is 0 Å². The van der Waals surface area contributed by atoms with Crippen LogP contribution in [-0.2, 0) is 0 Å². The minimum Gasteiger partial charge on any atom is -0.497 e. The summed E-state index contributed by atoms with van der Waals surface area (Å²) in [5.41, 5.74) is 0.963. The summed E-state index contributed by atoms with van der Waals surface area (Å²) in [6, 6.07) is 10.5. The predicted molar refractivity (Wildman–Crippen MR) is 87.5 cm³/mol. The zero-order valence-electron chi connectivity index (χ0n) is 13.3. The number of hydrogen-bond donors (Lipinski definition) is 0. The summed E-state index contributed by atoms with van der Waals surface area (Å²) < 4.78 is 31.9. The first-order chi connectivity index (χ1) is 11.6. The number of carbonyl (C=O) groups is 1. The van der Waals surface area contributed by atoms with Crippen LogP contribution in [0.1, 0.15) is 10.4 Å².